The van der Waals surface area contributed by atoms with E-state index in [9.17, 15) is 9.59 Å². The standard InChI is InChI=1S/C27H26N2O6/c1-16-10-8-9-13-19(16)28-26(30)21-22(18-14-15-20(32-2)24(34-4)23(18)33-3)29(35-25(21)27(28)31)17-11-6-5-7-12-17/h5-15,21-22,25H,1-4H3/t21-,22+,25+/m0/s1. The van der Waals surface area contributed by atoms with Crippen molar-refractivity contribution >= 4 is 23.2 Å². The van der Waals surface area contributed by atoms with Crippen LogP contribution in [0.1, 0.15) is 17.2 Å². The lowest BCUT2D eigenvalue weighted by Crippen LogP contribution is -2.37. The predicted octanol–water partition coefficient (Wildman–Crippen LogP) is 4.07. The molecule has 0 bridgehead atoms. The summed E-state index contributed by atoms with van der Waals surface area (Å²) in [6.07, 6.45) is -0.981. The van der Waals surface area contributed by atoms with Crippen LogP contribution in [0.25, 0.3) is 0 Å². The number of para-hydroxylation sites is 2. The van der Waals surface area contributed by atoms with E-state index in [2.05, 4.69) is 0 Å². The minimum atomic E-state index is -0.981. The minimum Gasteiger partial charge on any atom is -0.493 e. The lowest BCUT2D eigenvalue weighted by Gasteiger charge is -2.30. The van der Waals surface area contributed by atoms with Crippen LogP contribution in [0.15, 0.2) is 66.7 Å². The molecule has 2 saturated heterocycles. The first-order valence-electron chi connectivity index (χ1n) is 11.2. The summed E-state index contributed by atoms with van der Waals surface area (Å²) in [5.74, 6) is -0.209. The van der Waals surface area contributed by atoms with Crippen LogP contribution in [0, 0.1) is 12.8 Å². The molecule has 3 aromatic rings. The van der Waals surface area contributed by atoms with Gasteiger partial charge >= 0.3 is 0 Å². The van der Waals surface area contributed by atoms with Crippen molar-refractivity contribution in [2.45, 2.75) is 19.1 Å². The van der Waals surface area contributed by atoms with Crippen molar-refractivity contribution in [2.75, 3.05) is 31.3 Å². The third kappa shape index (κ3) is 3.49. The Balaban J connectivity index is 1.67. The van der Waals surface area contributed by atoms with Crippen molar-refractivity contribution in [2.24, 2.45) is 5.92 Å². The number of hydrogen-bond acceptors (Lipinski definition) is 7. The summed E-state index contributed by atoms with van der Waals surface area (Å²) in [4.78, 5) is 34.9. The maximum Gasteiger partial charge on any atom is 0.266 e. The number of fused-ring (bicyclic) bond motifs is 1. The fourth-order valence-electron chi connectivity index (χ4n) is 4.94. The Labute approximate surface area is 203 Å². The van der Waals surface area contributed by atoms with Crippen LogP contribution < -0.4 is 24.2 Å². The van der Waals surface area contributed by atoms with Crippen LogP contribution in [0.5, 0.6) is 17.2 Å². The van der Waals surface area contributed by atoms with Gasteiger partial charge in [-0.05, 0) is 42.8 Å². The number of hydroxylamine groups is 1. The van der Waals surface area contributed by atoms with E-state index < -0.39 is 24.0 Å². The highest BCUT2D eigenvalue weighted by atomic mass is 16.7. The molecule has 0 radical (unpaired) electrons. The van der Waals surface area contributed by atoms with Crippen LogP contribution in [0.3, 0.4) is 0 Å². The number of anilines is 2. The molecule has 3 aromatic carbocycles. The van der Waals surface area contributed by atoms with Gasteiger partial charge in [0.2, 0.25) is 11.7 Å². The van der Waals surface area contributed by atoms with Gasteiger partial charge in [-0.3, -0.25) is 14.4 Å². The summed E-state index contributed by atoms with van der Waals surface area (Å²) in [7, 11) is 4.60. The molecule has 8 heteroatoms. The van der Waals surface area contributed by atoms with Crippen LogP contribution in [0.4, 0.5) is 11.4 Å². The number of benzene rings is 3. The Morgan fingerprint density at radius 2 is 1.46 bits per heavy atom. The Morgan fingerprint density at radius 3 is 2.11 bits per heavy atom. The number of amides is 2. The Bertz CT molecular complexity index is 1280. The van der Waals surface area contributed by atoms with Gasteiger partial charge in [-0.1, -0.05) is 36.4 Å². The summed E-state index contributed by atoms with van der Waals surface area (Å²) in [6, 6.07) is 19.6. The van der Waals surface area contributed by atoms with Gasteiger partial charge < -0.3 is 14.2 Å². The number of carbonyl (C=O) groups excluding carboxylic acids is 2. The van der Waals surface area contributed by atoms with Gasteiger partial charge in [0.15, 0.2) is 17.6 Å². The molecule has 2 aliphatic heterocycles. The molecule has 2 amide bonds. The highest BCUT2D eigenvalue weighted by molar-refractivity contribution is 6.24. The van der Waals surface area contributed by atoms with Gasteiger partial charge in [0.1, 0.15) is 12.0 Å². The first-order valence-corrected chi connectivity index (χ1v) is 11.2. The van der Waals surface area contributed by atoms with Crippen molar-refractivity contribution in [3.8, 4) is 17.2 Å². The SMILES string of the molecule is COc1ccc([C@@H]2[C@@H]3C(=O)N(c4ccccc4C)C(=O)[C@@H]3ON2c2ccccc2)c(OC)c1OC. The maximum atomic E-state index is 13.9. The van der Waals surface area contributed by atoms with E-state index in [1.165, 1.54) is 19.1 Å². The molecule has 0 saturated carbocycles. The molecule has 180 valence electrons. The van der Waals surface area contributed by atoms with E-state index in [-0.39, 0.29) is 5.91 Å². The van der Waals surface area contributed by atoms with Gasteiger partial charge in [0.05, 0.1) is 32.7 Å². The highest BCUT2D eigenvalue weighted by Gasteiger charge is 2.61. The molecule has 0 aromatic heterocycles. The second-order valence-electron chi connectivity index (χ2n) is 8.38. The lowest BCUT2D eigenvalue weighted by atomic mass is 9.89. The predicted molar refractivity (Wildman–Crippen MR) is 130 cm³/mol. The molecule has 5 rings (SSSR count). The molecule has 3 atom stereocenters. The third-order valence-electron chi connectivity index (χ3n) is 6.54. The van der Waals surface area contributed by atoms with Gasteiger partial charge in [-0.25, -0.2) is 9.96 Å². The molecule has 0 unspecified atom stereocenters. The Hall–Kier alpha value is -4.04. The zero-order valence-electron chi connectivity index (χ0n) is 19.9. The average molecular weight is 475 g/mol. The smallest absolute Gasteiger partial charge is 0.266 e. The molecule has 35 heavy (non-hydrogen) atoms. The topological polar surface area (TPSA) is 77.5 Å². The first-order chi connectivity index (χ1) is 17.0. The Kier molecular flexibility index (Phi) is 5.82. The van der Waals surface area contributed by atoms with Crippen molar-refractivity contribution in [1.29, 1.82) is 0 Å². The van der Waals surface area contributed by atoms with Gasteiger partial charge in [0.25, 0.3) is 5.91 Å². The number of rotatable bonds is 6. The normalized spacial score (nSPS) is 21.3. The molecule has 2 heterocycles. The van der Waals surface area contributed by atoms with Gasteiger partial charge in [-0.2, -0.15) is 0 Å². The molecule has 8 nitrogen and oxygen atoms in total. The molecule has 0 spiro atoms. The number of methoxy groups -OCH3 is 3. The minimum absolute atomic E-state index is 0.324. The van der Waals surface area contributed by atoms with Crippen LogP contribution in [-0.4, -0.2) is 39.2 Å². The van der Waals surface area contributed by atoms with Gasteiger partial charge in [-0.15, -0.1) is 0 Å². The fourth-order valence-corrected chi connectivity index (χ4v) is 4.94. The number of aryl methyl sites for hydroxylation is 1. The number of carbonyl (C=O) groups is 2. The third-order valence-corrected chi connectivity index (χ3v) is 6.54. The molecular weight excluding hydrogens is 448 g/mol. The zero-order chi connectivity index (χ0) is 24.7. The molecule has 2 fully saturated rings. The lowest BCUT2D eigenvalue weighted by molar-refractivity contribution is -0.126. The maximum absolute atomic E-state index is 13.9. The largest absolute Gasteiger partial charge is 0.493 e. The number of ether oxygens (including phenoxy) is 3. The van der Waals surface area contributed by atoms with Crippen molar-refractivity contribution in [3.63, 3.8) is 0 Å². The second kappa shape index (κ2) is 8.96. The quantitative estimate of drug-likeness (QED) is 0.499. The molecular formula is C27H26N2O6. The Morgan fingerprint density at radius 1 is 0.771 bits per heavy atom. The van der Waals surface area contributed by atoms with E-state index >= 15 is 0 Å². The first kappa shape index (κ1) is 22.7. The summed E-state index contributed by atoms with van der Waals surface area (Å²) >= 11 is 0. The van der Waals surface area contributed by atoms with Crippen molar-refractivity contribution < 1.29 is 28.6 Å². The van der Waals surface area contributed by atoms with E-state index in [4.69, 9.17) is 19.0 Å². The fraction of sp³-hybridized carbons (Fsp3) is 0.259. The zero-order valence-corrected chi connectivity index (χ0v) is 19.9. The number of hydrogen-bond donors (Lipinski definition) is 0. The van der Waals surface area contributed by atoms with E-state index in [1.54, 1.807) is 24.3 Å². The number of imide groups is 1. The van der Waals surface area contributed by atoms with Crippen LogP contribution >= 0.6 is 0 Å². The summed E-state index contributed by atoms with van der Waals surface area (Å²) < 4.78 is 16.8. The van der Waals surface area contributed by atoms with Crippen LogP contribution in [0.2, 0.25) is 0 Å². The van der Waals surface area contributed by atoms with Gasteiger partial charge in [0, 0.05) is 5.56 Å². The molecule has 2 aliphatic rings. The van der Waals surface area contributed by atoms with E-state index in [0.717, 1.165) is 5.56 Å². The van der Waals surface area contributed by atoms with E-state index in [1.807, 2.05) is 61.5 Å². The van der Waals surface area contributed by atoms with Crippen LogP contribution in [-0.2, 0) is 14.4 Å². The summed E-state index contributed by atoms with van der Waals surface area (Å²) in [5.41, 5.74) is 2.75. The summed E-state index contributed by atoms with van der Waals surface area (Å²) in [5, 5.41) is 1.63. The average Bonchev–Trinajstić information content (AvgIpc) is 3.39. The monoisotopic (exact) mass is 474 g/mol. The van der Waals surface area contributed by atoms with Crippen molar-refractivity contribution in [3.05, 3.63) is 77.9 Å². The second-order valence-corrected chi connectivity index (χ2v) is 8.38. The number of nitrogens with zero attached hydrogens (tertiary/aromatic N) is 2. The van der Waals surface area contributed by atoms with Crippen molar-refractivity contribution in [1.82, 2.24) is 0 Å². The highest BCUT2D eigenvalue weighted by Crippen LogP contribution is 2.52. The molecule has 0 N–H and O–H groups in total. The van der Waals surface area contributed by atoms with E-state index in [0.29, 0.717) is 34.2 Å². The molecule has 0 aliphatic carbocycles. The summed E-state index contributed by atoms with van der Waals surface area (Å²) in [6.45, 7) is 1.87.